The Bertz CT molecular complexity index is 2200. The average Bonchev–Trinajstić information content (AvgIpc) is 3.66. The van der Waals surface area contributed by atoms with Crippen molar-refractivity contribution in [1.29, 1.82) is 0 Å². The Morgan fingerprint density at radius 1 is 1.00 bits per heavy atom. The first-order valence-electron chi connectivity index (χ1n) is 18.1. The second-order valence-electron chi connectivity index (χ2n) is 14.6. The Balaban J connectivity index is 1.20. The first-order valence-corrected chi connectivity index (χ1v) is 21.1. The molecule has 0 radical (unpaired) electrons. The summed E-state index contributed by atoms with van der Waals surface area (Å²) in [6.45, 7) is 3.08. The van der Waals surface area contributed by atoms with Crippen LogP contribution in [-0.4, -0.2) is 112 Å². The van der Waals surface area contributed by atoms with Gasteiger partial charge in [0.1, 0.15) is 27.7 Å². The predicted octanol–water partition coefficient (Wildman–Crippen LogP) is 1.69. The molecule has 1 aromatic heterocycles. The van der Waals surface area contributed by atoms with Crippen LogP contribution in [0.2, 0.25) is 0 Å². The highest BCUT2D eigenvalue weighted by Crippen LogP contribution is 2.41. The number of carbonyl (C=O) groups is 4. The fraction of sp³-hybridized carbons (Fsp3) is 0.375. The summed E-state index contributed by atoms with van der Waals surface area (Å²) < 4.78 is 29.9. The van der Waals surface area contributed by atoms with Crippen LogP contribution in [0.1, 0.15) is 36.6 Å². The van der Waals surface area contributed by atoms with Crippen molar-refractivity contribution in [2.45, 2.75) is 67.8 Å². The van der Waals surface area contributed by atoms with Gasteiger partial charge in [-0.3, -0.25) is 24.2 Å². The number of rotatable bonds is 14. The quantitative estimate of drug-likeness (QED) is 0.124. The average molecular weight is 804 g/mol. The van der Waals surface area contributed by atoms with E-state index >= 15 is 0 Å². The highest BCUT2D eigenvalue weighted by atomic mass is 32.2. The number of nitrogens with zero attached hydrogens (tertiary/aromatic N) is 2. The van der Waals surface area contributed by atoms with Crippen LogP contribution in [0.4, 0.5) is 0 Å². The fourth-order valence-electron chi connectivity index (χ4n) is 7.21. The predicted molar refractivity (Wildman–Crippen MR) is 211 cm³/mol. The van der Waals surface area contributed by atoms with E-state index in [4.69, 9.17) is 4.74 Å². The number of pyridine rings is 1. The number of amides is 4. The maximum Gasteiger partial charge on any atom is 0.258 e. The molecule has 6 atom stereocenters. The van der Waals surface area contributed by atoms with Crippen molar-refractivity contribution in [3.8, 4) is 5.75 Å². The number of hydrogen-bond acceptors (Lipinski definition) is 11. The van der Waals surface area contributed by atoms with Crippen molar-refractivity contribution in [2.24, 2.45) is 0 Å². The summed E-state index contributed by atoms with van der Waals surface area (Å²) in [5.41, 5.74) is 2.34. The van der Waals surface area contributed by atoms with Gasteiger partial charge in [-0.1, -0.05) is 66.7 Å². The van der Waals surface area contributed by atoms with Crippen molar-refractivity contribution in [3.63, 3.8) is 0 Å². The lowest BCUT2D eigenvalue weighted by Gasteiger charge is -2.34. The molecular formula is C40H45N5O9S2. The van der Waals surface area contributed by atoms with E-state index in [0.29, 0.717) is 23.1 Å². The second-order valence-corrected chi connectivity index (χ2v) is 18.4. The second kappa shape index (κ2) is 17.0. The highest BCUT2D eigenvalue weighted by molar-refractivity contribution is 8.00. The molecule has 2 heterocycles. The third-order valence-electron chi connectivity index (χ3n) is 9.96. The lowest BCUT2D eigenvalue weighted by atomic mass is 9.96. The number of thioether (sulfide) groups is 1. The first-order chi connectivity index (χ1) is 26.6. The monoisotopic (exact) mass is 803 g/mol. The van der Waals surface area contributed by atoms with Gasteiger partial charge in [0, 0.05) is 40.6 Å². The topological polar surface area (TPSA) is 204 Å². The van der Waals surface area contributed by atoms with E-state index in [1.54, 1.807) is 60.9 Å². The molecule has 1 saturated heterocycles. The number of sulfone groups is 1. The van der Waals surface area contributed by atoms with E-state index in [-0.39, 0.29) is 12.3 Å². The van der Waals surface area contributed by atoms with Crippen molar-refractivity contribution < 1.29 is 42.5 Å². The summed E-state index contributed by atoms with van der Waals surface area (Å²) in [7, 11) is -3.84. The summed E-state index contributed by atoms with van der Waals surface area (Å²) in [5.74, 6) is -3.42. The molecule has 2 aliphatic rings. The third kappa shape index (κ3) is 9.49. The van der Waals surface area contributed by atoms with Crippen LogP contribution in [-0.2, 0) is 41.9 Å². The van der Waals surface area contributed by atoms with Gasteiger partial charge >= 0.3 is 0 Å². The van der Waals surface area contributed by atoms with E-state index in [2.05, 4.69) is 20.9 Å². The van der Waals surface area contributed by atoms with Crippen LogP contribution in [0.25, 0.3) is 10.8 Å². The maximum atomic E-state index is 14.2. The summed E-state index contributed by atoms with van der Waals surface area (Å²) in [5, 5.41) is 32.1. The molecule has 296 valence electrons. The molecule has 6 rings (SSSR count). The van der Waals surface area contributed by atoms with Crippen molar-refractivity contribution in [1.82, 2.24) is 25.8 Å². The molecule has 1 unspecified atom stereocenters. The number of aliphatic hydroxyl groups excluding tert-OH is 2. The van der Waals surface area contributed by atoms with Gasteiger partial charge in [-0.2, -0.15) is 0 Å². The molecule has 4 amide bonds. The molecule has 4 aromatic rings. The van der Waals surface area contributed by atoms with Gasteiger partial charge in [-0.15, -0.1) is 11.8 Å². The van der Waals surface area contributed by atoms with Crippen LogP contribution >= 0.6 is 11.8 Å². The zero-order valence-corrected chi connectivity index (χ0v) is 32.8. The van der Waals surface area contributed by atoms with E-state index in [1.165, 1.54) is 16.7 Å². The number of aliphatic hydroxyl groups is 2. The van der Waals surface area contributed by atoms with Crippen molar-refractivity contribution in [3.05, 3.63) is 108 Å². The Labute approximate surface area is 329 Å². The molecule has 3 aromatic carbocycles. The minimum atomic E-state index is -3.84. The number of aromatic nitrogens is 1. The lowest BCUT2D eigenvalue weighted by molar-refractivity contribution is -0.148. The molecular weight excluding hydrogens is 759 g/mol. The lowest BCUT2D eigenvalue weighted by Crippen LogP contribution is -2.61. The van der Waals surface area contributed by atoms with Gasteiger partial charge in [0.25, 0.3) is 11.8 Å². The fourth-order valence-corrected chi connectivity index (χ4v) is 9.19. The van der Waals surface area contributed by atoms with Gasteiger partial charge in [0.15, 0.2) is 12.7 Å². The van der Waals surface area contributed by atoms with E-state index in [1.807, 2.05) is 44.2 Å². The molecule has 0 spiro atoms. The Morgan fingerprint density at radius 2 is 1.73 bits per heavy atom. The molecule has 16 heteroatoms. The zero-order chi connectivity index (χ0) is 40.2. The summed E-state index contributed by atoms with van der Waals surface area (Å²) in [6, 6.07) is 18.4. The van der Waals surface area contributed by atoms with Crippen LogP contribution in [0, 0.1) is 0 Å². The number of fused-ring (bicyclic) bond motifs is 2. The molecule has 0 bridgehead atoms. The summed E-state index contributed by atoms with van der Waals surface area (Å²) in [6.07, 6.45) is 1.69. The normalized spacial score (nSPS) is 20.4. The SMILES string of the molecule is CC1(C)SCN(C(=O)[C@@H](O)[C@H](Cc2ccccc2)NC(=O)[C@H](CS(C)(=O)=O)NC(=O)COc2cccc3cnccc23)C1C(=O)N[C@H]1c2ccccc2C[C@H]1O. The van der Waals surface area contributed by atoms with Crippen LogP contribution < -0.4 is 20.7 Å². The Kier molecular flexibility index (Phi) is 12.3. The summed E-state index contributed by atoms with van der Waals surface area (Å²) in [4.78, 5) is 60.6. The van der Waals surface area contributed by atoms with Gasteiger partial charge in [-0.25, -0.2) is 8.42 Å². The highest BCUT2D eigenvalue weighted by Gasteiger charge is 2.51. The summed E-state index contributed by atoms with van der Waals surface area (Å²) >= 11 is 1.34. The van der Waals surface area contributed by atoms with E-state index in [9.17, 15) is 37.8 Å². The number of nitrogens with one attached hydrogen (secondary N) is 3. The van der Waals surface area contributed by atoms with E-state index < -0.39 is 86.9 Å². The molecule has 5 N–H and O–H groups in total. The molecule has 1 aliphatic carbocycles. The molecule has 0 saturated carbocycles. The van der Waals surface area contributed by atoms with Gasteiger partial charge < -0.3 is 35.8 Å². The van der Waals surface area contributed by atoms with Crippen molar-refractivity contribution in [2.75, 3.05) is 24.5 Å². The maximum absolute atomic E-state index is 14.2. The Hall–Kier alpha value is -5.03. The van der Waals surface area contributed by atoms with Crippen LogP contribution in [0.15, 0.2) is 91.3 Å². The molecule has 14 nitrogen and oxygen atoms in total. The minimum absolute atomic E-state index is 0.0512. The zero-order valence-electron chi connectivity index (χ0n) is 31.1. The number of hydrogen-bond donors (Lipinski definition) is 5. The van der Waals surface area contributed by atoms with Crippen LogP contribution in [0.3, 0.4) is 0 Å². The first kappa shape index (κ1) is 40.6. The van der Waals surface area contributed by atoms with E-state index in [0.717, 1.165) is 22.8 Å². The van der Waals surface area contributed by atoms with Gasteiger partial charge in [0.2, 0.25) is 11.8 Å². The molecule has 1 fully saturated rings. The van der Waals surface area contributed by atoms with Gasteiger partial charge in [0.05, 0.1) is 29.8 Å². The molecule has 1 aliphatic heterocycles. The minimum Gasteiger partial charge on any atom is -0.483 e. The van der Waals surface area contributed by atoms with Crippen molar-refractivity contribution >= 4 is 56.0 Å². The van der Waals surface area contributed by atoms with Crippen LogP contribution in [0.5, 0.6) is 5.75 Å². The Morgan fingerprint density at radius 3 is 2.48 bits per heavy atom. The molecule has 56 heavy (non-hydrogen) atoms. The largest absolute Gasteiger partial charge is 0.483 e. The number of ether oxygens (including phenoxy) is 1. The smallest absolute Gasteiger partial charge is 0.258 e. The number of benzene rings is 3. The third-order valence-corrected chi connectivity index (χ3v) is 12.3. The van der Waals surface area contributed by atoms with Gasteiger partial charge in [-0.05, 0) is 49.1 Å². The standard InChI is InChI=1S/C40H45N5O9S2/c1-40(2)36(38(50)44-34-28-14-8-7-12-25(28)19-31(34)46)45(23-55-40)39(51)35(48)29(18-24-10-5-4-6-11-24)43-37(49)30(22-56(3,52)53)42-33(47)21-54-32-15-9-13-26-20-41-17-16-27(26)32/h4-17,20,29-31,34-36,46,48H,18-19,21-23H2,1-3H3,(H,42,47)(H,43,49)(H,44,50)/t29-,30-,31+,34-,35-,36?/m0/s1. The number of carbonyl (C=O) groups excluding carboxylic acids is 4.